The maximum Gasteiger partial charge on any atom is 0.411 e. The quantitative estimate of drug-likeness (QED) is 0.756. The molecule has 1 fully saturated rings. The molecule has 5 nitrogen and oxygen atoms in total. The third-order valence-electron chi connectivity index (χ3n) is 3.44. The number of carbonyl (C=O) groups excluding carboxylic acids is 2. The van der Waals surface area contributed by atoms with Crippen LogP contribution in [0.15, 0.2) is 0 Å². The number of amides is 2. The molecule has 0 radical (unpaired) electrons. The Kier molecular flexibility index (Phi) is 5.61. The van der Waals surface area contributed by atoms with Crippen molar-refractivity contribution in [3.05, 3.63) is 0 Å². The van der Waals surface area contributed by atoms with Gasteiger partial charge in [0, 0.05) is 13.2 Å². The number of hydrogen-bond donors (Lipinski definition) is 1. The SMILES string of the molecule is CCC1NC(=O)C(C)(C)N(CCCOCC(F)(F)F)C1=O. The van der Waals surface area contributed by atoms with Crippen LogP contribution in [0.3, 0.4) is 0 Å². The van der Waals surface area contributed by atoms with E-state index in [2.05, 4.69) is 10.1 Å². The number of nitrogens with one attached hydrogen (secondary N) is 1. The van der Waals surface area contributed by atoms with Crippen molar-refractivity contribution >= 4 is 11.8 Å². The fraction of sp³-hybridized carbons (Fsp3) is 0.846. The predicted octanol–water partition coefficient (Wildman–Crippen LogP) is 1.47. The van der Waals surface area contributed by atoms with Crippen LogP contribution in [0.5, 0.6) is 0 Å². The van der Waals surface area contributed by atoms with Gasteiger partial charge in [-0.1, -0.05) is 6.92 Å². The molecule has 2 amide bonds. The van der Waals surface area contributed by atoms with Crippen molar-refractivity contribution in [3.8, 4) is 0 Å². The van der Waals surface area contributed by atoms with E-state index in [1.807, 2.05) is 0 Å². The van der Waals surface area contributed by atoms with Crippen molar-refractivity contribution in [3.63, 3.8) is 0 Å². The second-order valence-corrected chi connectivity index (χ2v) is 5.50. The number of nitrogens with zero attached hydrogens (tertiary/aromatic N) is 1. The Bertz CT molecular complexity index is 397. The number of alkyl halides is 3. The second-order valence-electron chi connectivity index (χ2n) is 5.50. The van der Waals surface area contributed by atoms with E-state index in [0.29, 0.717) is 6.42 Å². The Morgan fingerprint density at radius 1 is 1.33 bits per heavy atom. The van der Waals surface area contributed by atoms with E-state index in [4.69, 9.17) is 0 Å². The second kappa shape index (κ2) is 6.64. The zero-order valence-corrected chi connectivity index (χ0v) is 12.4. The molecule has 1 saturated heterocycles. The zero-order chi connectivity index (χ0) is 16.3. The van der Waals surface area contributed by atoms with Gasteiger partial charge in [0.15, 0.2) is 0 Å². The lowest BCUT2D eigenvalue weighted by atomic mass is 9.94. The molecule has 0 bridgehead atoms. The first-order valence-corrected chi connectivity index (χ1v) is 6.86. The van der Waals surface area contributed by atoms with Gasteiger partial charge in [0.05, 0.1) is 0 Å². The lowest BCUT2D eigenvalue weighted by Crippen LogP contribution is -2.68. The van der Waals surface area contributed by atoms with Gasteiger partial charge in [-0.25, -0.2) is 0 Å². The van der Waals surface area contributed by atoms with E-state index in [0.717, 1.165) is 0 Å². The van der Waals surface area contributed by atoms with Gasteiger partial charge in [-0.2, -0.15) is 13.2 Å². The van der Waals surface area contributed by atoms with Crippen molar-refractivity contribution in [2.75, 3.05) is 19.8 Å². The summed E-state index contributed by atoms with van der Waals surface area (Å²) < 4.78 is 40.3. The molecular formula is C13H21F3N2O3. The minimum absolute atomic E-state index is 0.113. The van der Waals surface area contributed by atoms with Gasteiger partial charge in [-0.05, 0) is 26.7 Å². The topological polar surface area (TPSA) is 58.6 Å². The summed E-state index contributed by atoms with van der Waals surface area (Å²) in [4.78, 5) is 25.6. The number of piperazine rings is 1. The van der Waals surface area contributed by atoms with Gasteiger partial charge in [0.2, 0.25) is 11.8 Å². The van der Waals surface area contributed by atoms with Crippen LogP contribution in [-0.2, 0) is 14.3 Å². The average Bonchev–Trinajstić information content (AvgIpc) is 2.36. The summed E-state index contributed by atoms with van der Waals surface area (Å²) in [6, 6.07) is -0.568. The average molecular weight is 310 g/mol. The van der Waals surface area contributed by atoms with Gasteiger partial charge < -0.3 is 15.0 Å². The van der Waals surface area contributed by atoms with Crippen molar-refractivity contribution in [2.24, 2.45) is 0 Å². The summed E-state index contributed by atoms with van der Waals surface area (Å²) in [6.07, 6.45) is -3.63. The molecule has 1 aliphatic rings. The third-order valence-corrected chi connectivity index (χ3v) is 3.44. The van der Waals surface area contributed by atoms with E-state index >= 15 is 0 Å². The monoisotopic (exact) mass is 310 g/mol. The standard InChI is InChI=1S/C13H21F3N2O3/c1-4-9-10(19)18(12(2,3)11(20)17-9)6-5-7-21-8-13(14,15)16/h9H,4-8H2,1-3H3,(H,17,20). The van der Waals surface area contributed by atoms with Crippen molar-refractivity contribution < 1.29 is 27.5 Å². The van der Waals surface area contributed by atoms with Crippen LogP contribution in [0.4, 0.5) is 13.2 Å². The number of ether oxygens (including phenoxy) is 1. The largest absolute Gasteiger partial charge is 0.411 e. The van der Waals surface area contributed by atoms with E-state index in [-0.39, 0.29) is 31.4 Å². The maximum atomic E-state index is 12.2. The summed E-state index contributed by atoms with van der Waals surface area (Å²) in [5.74, 6) is -0.469. The van der Waals surface area contributed by atoms with Gasteiger partial charge >= 0.3 is 6.18 Å². The van der Waals surface area contributed by atoms with Crippen LogP contribution >= 0.6 is 0 Å². The highest BCUT2D eigenvalue weighted by molar-refractivity contribution is 5.99. The third kappa shape index (κ3) is 4.59. The van der Waals surface area contributed by atoms with Crippen LogP contribution in [-0.4, -0.2) is 54.2 Å². The summed E-state index contributed by atoms with van der Waals surface area (Å²) in [7, 11) is 0. The molecular weight excluding hydrogens is 289 g/mol. The normalized spacial score (nSPS) is 22.4. The van der Waals surface area contributed by atoms with Crippen molar-refractivity contribution in [1.82, 2.24) is 10.2 Å². The minimum atomic E-state index is -4.35. The maximum absolute atomic E-state index is 12.2. The highest BCUT2D eigenvalue weighted by Gasteiger charge is 2.45. The molecule has 8 heteroatoms. The number of hydrogen-bond acceptors (Lipinski definition) is 3. The first kappa shape index (κ1) is 17.7. The van der Waals surface area contributed by atoms with E-state index in [1.54, 1.807) is 20.8 Å². The van der Waals surface area contributed by atoms with E-state index in [1.165, 1.54) is 4.90 Å². The fourth-order valence-electron chi connectivity index (χ4n) is 2.16. The molecule has 1 heterocycles. The molecule has 122 valence electrons. The minimum Gasteiger partial charge on any atom is -0.372 e. The molecule has 1 rings (SSSR count). The lowest BCUT2D eigenvalue weighted by Gasteiger charge is -2.44. The van der Waals surface area contributed by atoms with Crippen molar-refractivity contribution in [1.29, 1.82) is 0 Å². The number of carbonyl (C=O) groups is 2. The Labute approximate surface area is 121 Å². The molecule has 0 aliphatic carbocycles. The van der Waals surface area contributed by atoms with E-state index < -0.39 is 24.4 Å². The molecule has 21 heavy (non-hydrogen) atoms. The first-order valence-electron chi connectivity index (χ1n) is 6.86. The molecule has 1 aliphatic heterocycles. The summed E-state index contributed by atoms with van der Waals surface area (Å²) in [5.41, 5.74) is -1.01. The number of halogens is 3. The highest BCUT2D eigenvalue weighted by atomic mass is 19.4. The summed E-state index contributed by atoms with van der Waals surface area (Å²) >= 11 is 0. The smallest absolute Gasteiger partial charge is 0.372 e. The van der Waals surface area contributed by atoms with Crippen LogP contribution in [0.2, 0.25) is 0 Å². The highest BCUT2D eigenvalue weighted by Crippen LogP contribution is 2.22. The molecule has 0 aromatic rings. The van der Waals surface area contributed by atoms with Crippen LogP contribution < -0.4 is 5.32 Å². The van der Waals surface area contributed by atoms with Crippen LogP contribution in [0.1, 0.15) is 33.6 Å². The van der Waals surface area contributed by atoms with Gasteiger partial charge in [0.25, 0.3) is 0 Å². The van der Waals surface area contributed by atoms with Crippen LogP contribution in [0, 0.1) is 0 Å². The van der Waals surface area contributed by atoms with Gasteiger partial charge in [-0.15, -0.1) is 0 Å². The summed E-state index contributed by atoms with van der Waals surface area (Å²) in [6.45, 7) is 3.78. The summed E-state index contributed by atoms with van der Waals surface area (Å²) in [5, 5.41) is 2.65. The van der Waals surface area contributed by atoms with Gasteiger partial charge in [-0.3, -0.25) is 9.59 Å². The first-order chi connectivity index (χ1) is 9.59. The Morgan fingerprint density at radius 2 is 1.95 bits per heavy atom. The van der Waals surface area contributed by atoms with Crippen molar-refractivity contribution in [2.45, 2.75) is 51.4 Å². The zero-order valence-electron chi connectivity index (χ0n) is 12.4. The molecule has 1 unspecified atom stereocenters. The molecule has 0 aromatic carbocycles. The Morgan fingerprint density at radius 3 is 2.48 bits per heavy atom. The molecule has 1 N–H and O–H groups in total. The van der Waals surface area contributed by atoms with Gasteiger partial charge in [0.1, 0.15) is 18.2 Å². The molecule has 0 aromatic heterocycles. The van der Waals surface area contributed by atoms with Crippen LogP contribution in [0.25, 0.3) is 0 Å². The number of rotatable bonds is 6. The fourth-order valence-corrected chi connectivity index (χ4v) is 2.16. The molecule has 1 atom stereocenters. The lowest BCUT2D eigenvalue weighted by molar-refractivity contribution is -0.174. The predicted molar refractivity (Wildman–Crippen MR) is 69.5 cm³/mol. The Hall–Kier alpha value is -1.31. The molecule has 0 spiro atoms. The van der Waals surface area contributed by atoms with E-state index in [9.17, 15) is 22.8 Å². The molecule has 0 saturated carbocycles. The Balaban J connectivity index is 2.54.